The number of aryl methyl sites for hydroxylation is 2. The number of fused-ring (bicyclic) bond motifs is 1. The van der Waals surface area contributed by atoms with Crippen LogP contribution in [0, 0.1) is 33.8 Å². The van der Waals surface area contributed by atoms with Gasteiger partial charge in [-0.2, -0.15) is 33.9 Å². The number of benzene rings is 1. The number of rotatable bonds is 0. The van der Waals surface area contributed by atoms with E-state index < -0.39 is 0 Å². The molecular weight excluding hydrogens is 331 g/mol. The van der Waals surface area contributed by atoms with Gasteiger partial charge in [0.2, 0.25) is 0 Å². The molecule has 0 N–H and O–H groups in total. The smallest absolute Gasteiger partial charge is 0.266 e. The molecule has 1 aliphatic rings. The van der Waals surface area contributed by atoms with Crippen molar-refractivity contribution in [3.05, 3.63) is 69.8 Å². The van der Waals surface area contributed by atoms with Gasteiger partial charge in [-0.05, 0) is 0 Å². The largest absolute Gasteiger partial charge is 2.00 e. The van der Waals surface area contributed by atoms with Crippen LogP contribution in [0.4, 0.5) is 0 Å². The minimum Gasteiger partial charge on any atom is -0.266 e. The van der Waals surface area contributed by atoms with E-state index in [2.05, 4.69) is 78.0 Å². The molecule has 0 aliphatic heterocycles. The first-order valence-electron chi connectivity index (χ1n) is 7.31. The second kappa shape index (κ2) is 7.45. The molecule has 1 heteroatoms. The number of allylic oxidation sites excluding steroid dienone is 2. The topological polar surface area (TPSA) is 0 Å². The van der Waals surface area contributed by atoms with Gasteiger partial charge < -0.3 is 0 Å². The molecule has 0 amide bonds. The van der Waals surface area contributed by atoms with Crippen LogP contribution in [0.15, 0.2) is 30.3 Å². The Kier molecular flexibility index (Phi) is 6.48. The number of hydrogen-bond donors (Lipinski definition) is 0. The summed E-state index contributed by atoms with van der Waals surface area (Å²) >= 11 is 0. The maximum atomic E-state index is 3.40. The van der Waals surface area contributed by atoms with Gasteiger partial charge in [0.05, 0.1) is 0 Å². The van der Waals surface area contributed by atoms with Crippen LogP contribution in [0.25, 0.3) is 5.57 Å². The van der Waals surface area contributed by atoms with E-state index in [4.69, 9.17) is 0 Å². The van der Waals surface area contributed by atoms with Crippen molar-refractivity contribution in [2.75, 3.05) is 0 Å². The minimum atomic E-state index is 0. The normalized spacial score (nSPS) is 15.5. The summed E-state index contributed by atoms with van der Waals surface area (Å²) in [6, 6.07) is 10.8. The summed E-state index contributed by atoms with van der Waals surface area (Å²) in [4.78, 5) is 0. The summed E-state index contributed by atoms with van der Waals surface area (Å²) in [6.07, 6.45) is 3.40. The van der Waals surface area contributed by atoms with E-state index in [1.807, 2.05) is 0 Å². The van der Waals surface area contributed by atoms with E-state index in [-0.39, 0.29) is 26.2 Å². The predicted octanol–water partition coefficient (Wildman–Crippen LogP) is 5.65. The van der Waals surface area contributed by atoms with Crippen LogP contribution in [-0.2, 0) is 26.2 Å². The Hall–Kier alpha value is -0.807. The third-order valence-electron chi connectivity index (χ3n) is 4.44. The summed E-state index contributed by atoms with van der Waals surface area (Å²) in [6.45, 7) is 13.0. The van der Waals surface area contributed by atoms with Crippen LogP contribution in [0.3, 0.4) is 0 Å². The first-order valence-corrected chi connectivity index (χ1v) is 7.31. The molecule has 0 saturated heterocycles. The quantitative estimate of drug-likeness (QED) is 0.536. The maximum Gasteiger partial charge on any atom is 2.00 e. The molecule has 0 fully saturated rings. The number of hydrogen-bond acceptors (Lipinski definition) is 0. The first-order chi connectivity index (χ1) is 9.41. The van der Waals surface area contributed by atoms with Gasteiger partial charge in [0.1, 0.15) is 0 Å². The fraction of sp³-hybridized carbons (Fsp3) is 0.350. The van der Waals surface area contributed by atoms with Crippen molar-refractivity contribution in [3.63, 3.8) is 0 Å². The van der Waals surface area contributed by atoms with Gasteiger partial charge in [-0.1, -0.05) is 65.7 Å². The Labute approximate surface area is 148 Å². The second-order valence-electron chi connectivity index (χ2n) is 5.84. The van der Waals surface area contributed by atoms with Crippen molar-refractivity contribution in [2.24, 2.45) is 0 Å². The fourth-order valence-electron chi connectivity index (χ4n) is 2.83. The summed E-state index contributed by atoms with van der Waals surface area (Å²) in [5, 5.41) is 0. The van der Waals surface area contributed by atoms with Crippen molar-refractivity contribution < 1.29 is 26.2 Å². The fourth-order valence-corrected chi connectivity index (χ4v) is 2.83. The van der Waals surface area contributed by atoms with Crippen LogP contribution in [0.1, 0.15) is 53.1 Å². The van der Waals surface area contributed by atoms with E-state index in [1.165, 1.54) is 39.0 Å². The van der Waals surface area contributed by atoms with E-state index in [0.717, 1.165) is 0 Å². The molecule has 0 bridgehead atoms. The molecule has 0 heterocycles. The third kappa shape index (κ3) is 3.89. The predicted molar refractivity (Wildman–Crippen MR) is 88.2 cm³/mol. The maximum absolute atomic E-state index is 3.40. The molecule has 108 valence electrons. The third-order valence-corrected chi connectivity index (χ3v) is 4.44. The van der Waals surface area contributed by atoms with Gasteiger partial charge in [0, 0.05) is 0 Å². The van der Waals surface area contributed by atoms with Crippen LogP contribution in [-0.4, -0.2) is 0 Å². The molecule has 2 aromatic rings. The van der Waals surface area contributed by atoms with Crippen molar-refractivity contribution >= 4 is 5.57 Å². The molecule has 0 spiro atoms. The van der Waals surface area contributed by atoms with E-state index >= 15 is 0 Å². The van der Waals surface area contributed by atoms with Crippen LogP contribution >= 0.6 is 0 Å². The van der Waals surface area contributed by atoms with Gasteiger partial charge in [-0.15, -0.1) is 11.6 Å². The molecule has 1 aliphatic carbocycles. The zero-order valence-electron chi connectivity index (χ0n) is 14.0. The minimum absolute atomic E-state index is 0. The Balaban J connectivity index is 0.000000205. The van der Waals surface area contributed by atoms with Crippen molar-refractivity contribution in [1.29, 1.82) is 0 Å². The average molecular weight is 356 g/mol. The summed E-state index contributed by atoms with van der Waals surface area (Å²) < 4.78 is 0. The Morgan fingerprint density at radius 1 is 1.05 bits per heavy atom. The van der Waals surface area contributed by atoms with Crippen LogP contribution in [0.5, 0.6) is 0 Å². The Morgan fingerprint density at radius 2 is 1.67 bits per heavy atom. The molecule has 3 rings (SSSR count). The SMILES string of the molecule is CC1=[C-]C(C)c2ccccc21.Cc1c[c-](C)c(C)c1C.[Zr+2]. The zero-order chi connectivity index (χ0) is 14.9. The van der Waals surface area contributed by atoms with Gasteiger partial charge in [0.15, 0.2) is 0 Å². The average Bonchev–Trinajstić information content (AvgIpc) is 2.84. The van der Waals surface area contributed by atoms with Gasteiger partial charge in [0.25, 0.3) is 0 Å². The van der Waals surface area contributed by atoms with E-state index in [9.17, 15) is 0 Å². The molecule has 0 aromatic heterocycles. The molecule has 2 aromatic carbocycles. The molecule has 0 saturated carbocycles. The standard InChI is InChI=1S/C11H11.C9H13.Zr/c1-8-7-9(2)11-6-4-3-5-10(8)11;1-6-5-7(2)9(4)8(6)3;/h3-6,8H,1-2H3;5H,1-4H3;/q2*-1;+2. The Bertz CT molecular complexity index is 621. The van der Waals surface area contributed by atoms with Gasteiger partial charge >= 0.3 is 26.2 Å². The van der Waals surface area contributed by atoms with E-state index in [0.29, 0.717) is 5.92 Å². The van der Waals surface area contributed by atoms with Crippen LogP contribution < -0.4 is 0 Å². The first kappa shape index (κ1) is 18.2. The summed E-state index contributed by atoms with van der Waals surface area (Å²) in [5.74, 6) is 0.492. The second-order valence-corrected chi connectivity index (χ2v) is 5.84. The molecule has 1 unspecified atom stereocenters. The zero-order valence-corrected chi connectivity index (χ0v) is 16.4. The van der Waals surface area contributed by atoms with Gasteiger partial charge in [-0.3, -0.25) is 6.08 Å². The molecule has 1 atom stereocenters. The molecule has 21 heavy (non-hydrogen) atoms. The van der Waals surface area contributed by atoms with Crippen molar-refractivity contribution in [2.45, 2.75) is 47.5 Å². The van der Waals surface area contributed by atoms with Gasteiger partial charge in [-0.25, -0.2) is 5.57 Å². The Morgan fingerprint density at radius 3 is 2.10 bits per heavy atom. The summed E-state index contributed by atoms with van der Waals surface area (Å²) in [5.41, 5.74) is 9.84. The van der Waals surface area contributed by atoms with E-state index in [1.54, 1.807) is 0 Å². The van der Waals surface area contributed by atoms with Crippen molar-refractivity contribution in [3.8, 4) is 0 Å². The molecule has 0 radical (unpaired) electrons. The van der Waals surface area contributed by atoms with Crippen LogP contribution in [0.2, 0.25) is 0 Å². The molecular formula is C20H24Zr. The van der Waals surface area contributed by atoms with Crippen molar-refractivity contribution in [1.82, 2.24) is 0 Å². The molecule has 0 nitrogen and oxygen atoms in total. The monoisotopic (exact) mass is 354 g/mol. The summed E-state index contributed by atoms with van der Waals surface area (Å²) in [7, 11) is 0.